The van der Waals surface area contributed by atoms with Crippen LogP contribution in [0.2, 0.25) is 5.02 Å². The number of carboxylic acid groups (broad SMARTS) is 1. The second-order valence-electron chi connectivity index (χ2n) is 19.5. The lowest BCUT2D eigenvalue weighted by Gasteiger charge is -2.51. The summed E-state index contributed by atoms with van der Waals surface area (Å²) in [6.07, 6.45) is 1.93. The van der Waals surface area contributed by atoms with Gasteiger partial charge in [0.2, 0.25) is 0 Å². The minimum Gasteiger partial charge on any atom is -0.507 e. The lowest BCUT2D eigenvalue weighted by atomic mass is 9.55. The van der Waals surface area contributed by atoms with Gasteiger partial charge < -0.3 is 63.8 Å². The maximum Gasteiger partial charge on any atom is 0.379 e. The monoisotopic (exact) mass is 956 g/mol. The van der Waals surface area contributed by atoms with Crippen molar-refractivity contribution in [2.75, 3.05) is 0 Å². The molecule has 0 radical (unpaired) electrons. The first-order valence-corrected chi connectivity index (χ1v) is 23.7. The number of hydrogen-bond acceptors (Lipinski definition) is 16. The zero-order chi connectivity index (χ0) is 48.3. The van der Waals surface area contributed by atoms with Gasteiger partial charge in [0.15, 0.2) is 23.9 Å². The molecule has 3 aliphatic carbocycles. The fourth-order valence-corrected chi connectivity index (χ4v) is 11.6. The van der Waals surface area contributed by atoms with E-state index in [1.165, 1.54) is 18.2 Å². The van der Waals surface area contributed by atoms with Crippen LogP contribution < -0.4 is 0 Å². The van der Waals surface area contributed by atoms with Gasteiger partial charge in [0.1, 0.15) is 41.8 Å². The summed E-state index contributed by atoms with van der Waals surface area (Å²) in [5.41, 5.74) is -2.59. The van der Waals surface area contributed by atoms with Gasteiger partial charge in [-0.05, 0) is 95.2 Å². The van der Waals surface area contributed by atoms with E-state index in [0.29, 0.717) is 37.7 Å². The number of carbonyl (C=O) groups excluding carboxylic acids is 3. The van der Waals surface area contributed by atoms with Crippen LogP contribution in [0.15, 0.2) is 59.6 Å². The first-order chi connectivity index (χ1) is 31.8. The van der Waals surface area contributed by atoms with Crippen molar-refractivity contribution in [3.05, 3.63) is 75.8 Å². The first kappa shape index (κ1) is 49.1. The number of phenolic OH excluding ortho intramolecular Hbond substituents is 1. The molecular formula is C49H61ClO17. The minimum absolute atomic E-state index is 0.0340. The molecular weight excluding hydrogens is 896 g/mol. The number of phenols is 1. The number of allylic oxidation sites excluding steroid dienone is 2. The molecule has 0 amide bonds. The number of benzene rings is 1. The van der Waals surface area contributed by atoms with E-state index >= 15 is 0 Å². The predicted octanol–water partition coefficient (Wildman–Crippen LogP) is 5.63. The summed E-state index contributed by atoms with van der Waals surface area (Å²) >= 11 is 6.18. The van der Waals surface area contributed by atoms with Crippen LogP contribution in [0, 0.1) is 41.9 Å². The van der Waals surface area contributed by atoms with Crippen molar-refractivity contribution in [1.29, 1.82) is 0 Å². The molecule has 4 aliphatic heterocycles. The van der Waals surface area contributed by atoms with E-state index in [1.54, 1.807) is 33.8 Å². The standard InChI is InChI=1S/C49H61ClO17/c1-22-21-49-27(19-29(22)43(56)57)12-9-7-6-8-11-26-15-16-28-30(48(26,5)47(60)66-41(42(49)55)45(59)67-49)13-10-14-33(28)64-46-39(54)38(53)40(25(4)62-46)65-35-20-34(37(52)24(3)61-35)63-44(58)36-23(2)31(50)17-18-32(36)51/h9,12,15-19,22,24-28,30,33-35,37-40,46,51-55H,6-8,10-11,13-14,20-21H2,1-5H3,(H,56,57)/t22-,24-,25-,26-,27-,28+,30-,33+,34-,35+,37-,38-,39?,40-,46+,48-,49?/m1/s1. The van der Waals surface area contributed by atoms with Crippen molar-refractivity contribution in [2.24, 2.45) is 35.0 Å². The third-order valence-electron chi connectivity index (χ3n) is 15.4. The number of hydrogen-bond donors (Lipinski definition) is 6. The van der Waals surface area contributed by atoms with E-state index in [9.17, 15) is 49.8 Å². The number of esters is 3. The van der Waals surface area contributed by atoms with Crippen LogP contribution in [0.25, 0.3) is 0 Å². The van der Waals surface area contributed by atoms with E-state index in [-0.39, 0.29) is 46.6 Å². The third-order valence-corrected chi connectivity index (χ3v) is 15.8. The lowest BCUT2D eigenvalue weighted by Crippen LogP contribution is -2.61. The van der Waals surface area contributed by atoms with Crippen molar-refractivity contribution < 1.29 is 83.0 Å². The summed E-state index contributed by atoms with van der Waals surface area (Å²) in [4.78, 5) is 53.7. The van der Waals surface area contributed by atoms with E-state index < -0.39 is 126 Å². The normalized spacial score (nSPS) is 41.1. The van der Waals surface area contributed by atoms with Gasteiger partial charge in [0, 0.05) is 35.3 Å². The second-order valence-corrected chi connectivity index (χ2v) is 19.9. The Balaban J connectivity index is 0.970. The fourth-order valence-electron chi connectivity index (χ4n) is 11.5. The summed E-state index contributed by atoms with van der Waals surface area (Å²) in [6.45, 7) is 8.23. The molecule has 3 fully saturated rings. The Labute approximate surface area is 393 Å². The highest BCUT2D eigenvalue weighted by atomic mass is 35.5. The number of ether oxygens (including phenoxy) is 7. The quantitative estimate of drug-likeness (QED) is 0.110. The molecule has 7 aliphatic rings. The molecule has 2 unspecified atom stereocenters. The Morgan fingerprint density at radius 1 is 0.881 bits per heavy atom. The maximum absolute atomic E-state index is 14.8. The Kier molecular flexibility index (Phi) is 14.1. The number of aliphatic hydroxyl groups excluding tert-OH is 4. The molecule has 2 saturated heterocycles. The number of halogens is 1. The van der Waals surface area contributed by atoms with Crippen LogP contribution in [-0.4, -0.2) is 122 Å². The Hall–Kier alpha value is -4.33. The van der Waals surface area contributed by atoms with Crippen LogP contribution in [0.1, 0.15) is 101 Å². The summed E-state index contributed by atoms with van der Waals surface area (Å²) in [5, 5.41) is 66.3. The average Bonchev–Trinajstić information content (AvgIpc) is 3.50. The summed E-state index contributed by atoms with van der Waals surface area (Å²) in [7, 11) is 0. The van der Waals surface area contributed by atoms with Crippen LogP contribution in [0.5, 0.6) is 5.75 Å². The molecule has 366 valence electrons. The van der Waals surface area contributed by atoms with Crippen molar-refractivity contribution >= 4 is 35.5 Å². The maximum atomic E-state index is 14.8. The van der Waals surface area contributed by atoms with E-state index in [1.807, 2.05) is 25.2 Å². The minimum atomic E-state index is -1.65. The predicted molar refractivity (Wildman–Crippen MR) is 235 cm³/mol. The van der Waals surface area contributed by atoms with E-state index in [0.717, 1.165) is 12.8 Å². The van der Waals surface area contributed by atoms with Crippen molar-refractivity contribution in [2.45, 2.75) is 159 Å². The zero-order valence-electron chi connectivity index (χ0n) is 38.1. The number of aliphatic hydroxyl groups is 4. The molecule has 67 heavy (non-hydrogen) atoms. The molecule has 0 aromatic heterocycles. The molecule has 1 aromatic rings. The second kappa shape index (κ2) is 19.2. The molecule has 1 aromatic carbocycles. The van der Waals surface area contributed by atoms with E-state index in [2.05, 4.69) is 0 Å². The van der Waals surface area contributed by atoms with Gasteiger partial charge in [-0.3, -0.25) is 4.79 Å². The number of carbonyl (C=O) groups is 4. The Morgan fingerprint density at radius 2 is 1.64 bits per heavy atom. The number of aliphatic carboxylic acids is 1. The third kappa shape index (κ3) is 8.95. The van der Waals surface area contributed by atoms with Crippen LogP contribution in [-0.2, 0) is 47.5 Å². The number of fused-ring (bicyclic) bond motifs is 3. The van der Waals surface area contributed by atoms with Gasteiger partial charge in [-0.1, -0.05) is 61.7 Å². The zero-order valence-corrected chi connectivity index (χ0v) is 38.9. The topological polar surface area (TPSA) is 254 Å². The molecule has 1 spiro atoms. The lowest BCUT2D eigenvalue weighted by molar-refractivity contribution is -0.343. The van der Waals surface area contributed by atoms with Crippen LogP contribution >= 0.6 is 11.6 Å². The number of carboxylic acids is 1. The molecule has 6 N–H and O–H groups in total. The van der Waals surface area contributed by atoms with Crippen molar-refractivity contribution in [3.63, 3.8) is 0 Å². The molecule has 1 saturated carbocycles. The Morgan fingerprint density at radius 3 is 2.39 bits per heavy atom. The molecule has 4 heterocycles. The highest BCUT2D eigenvalue weighted by molar-refractivity contribution is 6.32. The smallest absolute Gasteiger partial charge is 0.379 e. The van der Waals surface area contributed by atoms with Crippen LogP contribution in [0.4, 0.5) is 0 Å². The molecule has 2 bridgehead atoms. The Bertz CT molecular complexity index is 2240. The van der Waals surface area contributed by atoms with Gasteiger partial charge in [0.05, 0.1) is 23.7 Å². The van der Waals surface area contributed by atoms with Gasteiger partial charge >= 0.3 is 23.9 Å². The van der Waals surface area contributed by atoms with Gasteiger partial charge in [-0.15, -0.1) is 0 Å². The van der Waals surface area contributed by atoms with Crippen LogP contribution in [0.3, 0.4) is 0 Å². The molecule has 17 atom stereocenters. The van der Waals surface area contributed by atoms with Gasteiger partial charge in [-0.25, -0.2) is 14.4 Å². The van der Waals surface area contributed by atoms with E-state index in [4.69, 9.17) is 44.8 Å². The highest BCUT2D eigenvalue weighted by Crippen LogP contribution is 2.55. The number of aromatic hydroxyl groups is 1. The van der Waals surface area contributed by atoms with Crippen molar-refractivity contribution in [3.8, 4) is 5.75 Å². The van der Waals surface area contributed by atoms with Crippen molar-refractivity contribution in [1.82, 2.24) is 0 Å². The molecule has 8 rings (SSSR count). The molecule has 18 heteroatoms. The summed E-state index contributed by atoms with van der Waals surface area (Å²) in [6, 6.07) is 2.71. The summed E-state index contributed by atoms with van der Waals surface area (Å²) in [5.74, 6) is -7.75. The average molecular weight is 957 g/mol. The SMILES string of the molecule is Cc1c(Cl)ccc(O)c1C(=O)O[C@@H]1C[C@H](O[C@H]2[C@H](O)C(O)[C@H](O[C@H]3CCC[C@@H]4[C@@H]3C=C[C@H]3CCCCC=C[C@@H]5C=C(C(=O)O)[C@H](C)CC56OC(=O)C(=C6O)OC(=O)[C@@]43C)O[C@@H]2C)O[C@H](C)[C@H]1O. The summed E-state index contributed by atoms with van der Waals surface area (Å²) < 4.78 is 42.3. The highest BCUT2D eigenvalue weighted by Gasteiger charge is 2.60. The molecule has 17 nitrogen and oxygen atoms in total. The van der Waals surface area contributed by atoms with Gasteiger partial charge in [-0.2, -0.15) is 0 Å². The first-order valence-electron chi connectivity index (χ1n) is 23.3. The van der Waals surface area contributed by atoms with Gasteiger partial charge in [0.25, 0.3) is 5.76 Å². The number of rotatable bonds is 7. The largest absolute Gasteiger partial charge is 0.507 e. The fraction of sp³-hybridized carbons (Fsp3) is 0.633.